The molecule has 0 aromatic rings. The Hall–Kier alpha value is 0.260. The maximum atomic E-state index is 10.0. The molecule has 0 saturated heterocycles. The first kappa shape index (κ1) is 17.6. The molecule has 0 rings (SSSR count). The van der Waals surface area contributed by atoms with E-state index in [1.807, 2.05) is 0 Å². The first-order chi connectivity index (χ1) is 6.66. The lowest BCUT2D eigenvalue weighted by Gasteiger charge is -2.04. The van der Waals surface area contributed by atoms with Crippen LogP contribution in [-0.4, -0.2) is 39.6 Å². The van der Waals surface area contributed by atoms with Crippen LogP contribution in [0.25, 0.3) is 0 Å². The van der Waals surface area contributed by atoms with E-state index in [2.05, 4.69) is 0 Å². The van der Waals surface area contributed by atoms with Crippen molar-refractivity contribution in [1.82, 2.24) is 0 Å². The Morgan fingerprint density at radius 3 is 1.67 bits per heavy atom. The zero-order chi connectivity index (χ0) is 12.5. The van der Waals surface area contributed by atoms with Gasteiger partial charge in [-0.2, -0.15) is 0 Å². The molecule has 6 N–H and O–H groups in total. The van der Waals surface area contributed by atoms with Gasteiger partial charge in [-0.25, -0.2) is 4.57 Å². The van der Waals surface area contributed by atoms with Crippen molar-refractivity contribution in [3.05, 3.63) is 0 Å². The molecule has 0 fully saturated rings. The molecule has 0 aliphatic heterocycles. The van der Waals surface area contributed by atoms with Crippen LogP contribution in [0.1, 0.15) is 19.3 Å². The van der Waals surface area contributed by atoms with E-state index in [1.54, 1.807) is 0 Å². The predicted octanol–water partition coefficient (Wildman–Crippen LogP) is 0.0870. The highest BCUT2D eigenvalue weighted by molar-refractivity contribution is 8.28. The van der Waals surface area contributed by atoms with Crippen LogP contribution >= 0.6 is 14.3 Å². The lowest BCUT2D eigenvalue weighted by molar-refractivity contribution is 0.283. The molecule has 1 atom stereocenters. The van der Waals surface area contributed by atoms with Crippen LogP contribution in [-0.2, 0) is 9.13 Å². The quantitative estimate of drug-likeness (QED) is 0.349. The van der Waals surface area contributed by atoms with Gasteiger partial charge in [-0.05, 0) is 25.8 Å². The highest BCUT2D eigenvalue weighted by atomic mass is 32.1. The maximum absolute atomic E-state index is 10.0. The number of aliphatic hydroxyl groups excluding tert-OH is 1. The molecule has 0 aliphatic rings. The summed E-state index contributed by atoms with van der Waals surface area (Å²) in [6.07, 6.45) is 3.00. The molecule has 94 valence electrons. The van der Waals surface area contributed by atoms with Gasteiger partial charge in [-0.1, -0.05) is 0 Å². The van der Waals surface area contributed by atoms with Gasteiger partial charge in [0.25, 0.3) is 0 Å². The highest BCUT2D eigenvalue weighted by Crippen LogP contribution is 2.71. The summed E-state index contributed by atoms with van der Waals surface area (Å²) in [6.45, 7) is 1.67. The number of hydrogen-bond acceptors (Lipinski definition) is 4. The van der Waals surface area contributed by atoms with Gasteiger partial charge in [-0.3, -0.25) is 4.57 Å². The van der Waals surface area contributed by atoms with Crippen molar-refractivity contribution in [3.8, 4) is 0 Å². The second kappa shape index (κ2) is 8.42. The third-order valence-corrected chi connectivity index (χ3v) is 5.21. The van der Waals surface area contributed by atoms with Crippen LogP contribution in [0.5, 0.6) is 0 Å². The molecule has 1 unspecified atom stereocenters. The summed E-state index contributed by atoms with van der Waals surface area (Å²) in [5.41, 5.74) is 5.19. The summed E-state index contributed by atoms with van der Waals surface area (Å²) in [7, 11) is -8.92. The van der Waals surface area contributed by atoms with Crippen LogP contribution in [0.4, 0.5) is 0 Å². The molecule has 0 aliphatic carbocycles. The maximum Gasteiger partial charge on any atom is 0.407 e. The van der Waals surface area contributed by atoms with E-state index in [0.717, 1.165) is 25.8 Å². The molecule has 0 spiro atoms. The van der Waals surface area contributed by atoms with Crippen molar-refractivity contribution in [2.75, 3.05) is 19.8 Å². The molecule has 9 heteroatoms. The number of hydrogen-bond donors (Lipinski definition) is 5. The van der Waals surface area contributed by atoms with E-state index < -0.39 is 14.3 Å². The topological polar surface area (TPSA) is 141 Å². The number of unbranched alkanes of at least 4 members (excludes halogenated alkanes) is 2. The van der Waals surface area contributed by atoms with Crippen molar-refractivity contribution in [2.24, 2.45) is 5.73 Å². The number of rotatable bonds is 5. The minimum absolute atomic E-state index is 0.306. The summed E-state index contributed by atoms with van der Waals surface area (Å²) in [4.78, 5) is 24.1. The summed E-state index contributed by atoms with van der Waals surface area (Å²) in [5, 5.41) is 8.25. The second-order valence-electron chi connectivity index (χ2n) is 2.92. The molecule has 15 heavy (non-hydrogen) atoms. The normalized spacial score (nSPS) is 15.1. The number of aliphatic hydroxyl groups is 1. The minimum atomic E-state index is -4.74. The van der Waals surface area contributed by atoms with Crippen LogP contribution in [0.2, 0.25) is 0 Å². The molecule has 7 nitrogen and oxygen atoms in total. The highest BCUT2D eigenvalue weighted by Gasteiger charge is 2.33. The summed E-state index contributed by atoms with van der Waals surface area (Å²) in [6, 6.07) is 0. The van der Waals surface area contributed by atoms with Gasteiger partial charge in [0.1, 0.15) is 0 Å². The van der Waals surface area contributed by atoms with Gasteiger partial charge >= 0.3 is 14.3 Å². The lowest BCUT2D eigenvalue weighted by Crippen LogP contribution is -1.98. The summed E-state index contributed by atoms with van der Waals surface area (Å²) in [5.74, 6) is 0. The summed E-state index contributed by atoms with van der Waals surface area (Å²) < 4.78 is 19.9. The molecular weight excluding hydrogens is 244 g/mol. The van der Waals surface area contributed by atoms with Gasteiger partial charge in [0.05, 0.1) is 0 Å². The SMILES string of the molecule is CP(=O)(O)P(=O)(O)O.NCCCCCO. The molecule has 0 radical (unpaired) electrons. The molecule has 0 aromatic carbocycles. The molecule has 0 aromatic heterocycles. The van der Waals surface area contributed by atoms with Gasteiger partial charge in [0.2, 0.25) is 0 Å². The Balaban J connectivity index is 0. The van der Waals surface area contributed by atoms with Crippen molar-refractivity contribution in [1.29, 1.82) is 0 Å². The lowest BCUT2D eigenvalue weighted by atomic mass is 10.2. The van der Waals surface area contributed by atoms with E-state index in [-0.39, 0.29) is 0 Å². The first-order valence-electron chi connectivity index (χ1n) is 4.34. The molecule has 0 heterocycles. The van der Waals surface area contributed by atoms with E-state index in [9.17, 15) is 9.13 Å². The van der Waals surface area contributed by atoms with Crippen molar-refractivity contribution < 1.29 is 28.9 Å². The molecule has 0 saturated carbocycles. The smallest absolute Gasteiger partial charge is 0.396 e. The van der Waals surface area contributed by atoms with Gasteiger partial charge in [0, 0.05) is 13.3 Å². The Morgan fingerprint density at radius 1 is 1.07 bits per heavy atom. The monoisotopic (exact) mass is 263 g/mol. The van der Waals surface area contributed by atoms with Gasteiger partial charge in [0.15, 0.2) is 0 Å². The standard InChI is InChI=1S/C5H13NO.CH6O5P2/c6-4-2-1-3-5-7;1-7(2,3)8(4,5)6/h7H,1-6H2;1H3,(H,2,3)(H2,4,5,6). The average Bonchev–Trinajstić information content (AvgIpc) is 2.03. The van der Waals surface area contributed by atoms with Crippen molar-refractivity contribution in [3.63, 3.8) is 0 Å². The Labute approximate surface area is 88.8 Å². The number of nitrogens with two attached hydrogens (primary N) is 1. The van der Waals surface area contributed by atoms with Crippen molar-refractivity contribution >= 4 is 14.3 Å². The Kier molecular flexibility index (Phi) is 9.90. The third-order valence-electron chi connectivity index (χ3n) is 1.35. The fraction of sp³-hybridized carbons (Fsp3) is 1.00. The van der Waals surface area contributed by atoms with E-state index in [4.69, 9.17) is 25.5 Å². The average molecular weight is 263 g/mol. The molecular formula is C6H19NO6P2. The van der Waals surface area contributed by atoms with Crippen molar-refractivity contribution in [2.45, 2.75) is 19.3 Å². The largest absolute Gasteiger partial charge is 0.407 e. The fourth-order valence-corrected chi connectivity index (χ4v) is 0.433. The van der Waals surface area contributed by atoms with E-state index in [1.165, 1.54) is 0 Å². The second-order valence-corrected chi connectivity index (χ2v) is 9.41. The fourth-order valence-electron chi connectivity index (χ4n) is 0.433. The van der Waals surface area contributed by atoms with Crippen LogP contribution in [0, 0.1) is 0 Å². The Morgan fingerprint density at radius 2 is 1.47 bits per heavy atom. The minimum Gasteiger partial charge on any atom is -0.396 e. The Bertz CT molecular complexity index is 210. The predicted molar refractivity (Wildman–Crippen MR) is 57.8 cm³/mol. The van der Waals surface area contributed by atoms with Gasteiger partial charge in [-0.15, -0.1) is 0 Å². The third kappa shape index (κ3) is 12.2. The van der Waals surface area contributed by atoms with Crippen LogP contribution < -0.4 is 5.73 Å². The van der Waals surface area contributed by atoms with E-state index in [0.29, 0.717) is 13.3 Å². The first-order valence-corrected chi connectivity index (χ1v) is 8.76. The zero-order valence-electron chi connectivity index (χ0n) is 8.61. The molecule has 0 bridgehead atoms. The van der Waals surface area contributed by atoms with Crippen LogP contribution in [0.15, 0.2) is 0 Å². The zero-order valence-corrected chi connectivity index (χ0v) is 10.4. The molecule has 0 amide bonds. The van der Waals surface area contributed by atoms with E-state index >= 15 is 0 Å². The van der Waals surface area contributed by atoms with Crippen LogP contribution in [0.3, 0.4) is 0 Å². The summed E-state index contributed by atoms with van der Waals surface area (Å²) >= 11 is 0. The van der Waals surface area contributed by atoms with Gasteiger partial charge < -0.3 is 25.5 Å².